The van der Waals surface area contributed by atoms with Crippen LogP contribution in [0.15, 0.2) is 0 Å². The van der Waals surface area contributed by atoms with E-state index in [1.54, 1.807) is 0 Å². The van der Waals surface area contributed by atoms with Crippen LogP contribution in [0.3, 0.4) is 0 Å². The van der Waals surface area contributed by atoms with Crippen LogP contribution in [0, 0.1) is 11.8 Å². The molecular weight excluding hydrogens is 1320 g/mol. The van der Waals surface area contributed by atoms with Crippen LogP contribution in [0.2, 0.25) is 0 Å². The van der Waals surface area contributed by atoms with Gasteiger partial charge >= 0.3 is 39.5 Å². The van der Waals surface area contributed by atoms with Gasteiger partial charge in [-0.25, -0.2) is 9.13 Å². The number of phosphoric acid groups is 2. The molecule has 19 heteroatoms. The highest BCUT2D eigenvalue weighted by Gasteiger charge is 2.30. The molecule has 0 rings (SSSR count). The first kappa shape index (κ1) is 99.1. The van der Waals surface area contributed by atoms with E-state index in [9.17, 15) is 43.2 Å². The third-order valence-electron chi connectivity index (χ3n) is 19.2. The van der Waals surface area contributed by atoms with E-state index in [0.717, 1.165) is 102 Å². The van der Waals surface area contributed by atoms with E-state index >= 15 is 0 Å². The lowest BCUT2D eigenvalue weighted by Crippen LogP contribution is -2.30. The molecule has 0 aliphatic carbocycles. The molecule has 3 N–H and O–H groups in total. The number of rotatable bonds is 81. The minimum absolute atomic E-state index is 0.108. The van der Waals surface area contributed by atoms with E-state index in [1.165, 1.54) is 250 Å². The molecule has 0 fully saturated rings. The van der Waals surface area contributed by atoms with Crippen molar-refractivity contribution in [3.63, 3.8) is 0 Å². The molecule has 0 aliphatic heterocycles. The number of aliphatic hydroxyl groups is 1. The van der Waals surface area contributed by atoms with Crippen LogP contribution in [-0.4, -0.2) is 96.7 Å². The standard InChI is InChI=1S/C82H160O17P2/c1-7-9-11-13-15-17-19-21-22-23-29-36-42-48-54-60-66-81(86)98-77(70-92-79(84)64-58-52-46-40-34-26-20-18-16-14-12-10-8-2)72-96-100(88,89)94-68-76(83)69-95-101(90,91)97-73-78(99-82(87)67-61-55-49-43-37-31-25-28-33-39-45-51-57-63-75(5)6)71-93-80(85)65-59-53-47-41-35-30-24-27-32-38-44-50-56-62-74(3)4/h74-78,83H,7-73H2,1-6H3,(H,88,89)(H,90,91)/t76-,77+,78+/m0/s1. The van der Waals surface area contributed by atoms with Gasteiger partial charge in [0.2, 0.25) is 0 Å². The lowest BCUT2D eigenvalue weighted by Gasteiger charge is -2.21. The highest BCUT2D eigenvalue weighted by atomic mass is 31.2. The monoisotopic (exact) mass is 1480 g/mol. The molecule has 0 radical (unpaired) electrons. The van der Waals surface area contributed by atoms with E-state index in [2.05, 4.69) is 41.5 Å². The second-order valence-corrected chi connectivity index (χ2v) is 33.4. The average Bonchev–Trinajstić information content (AvgIpc) is 1.07. The third-order valence-corrected chi connectivity index (χ3v) is 21.1. The number of carbonyl (C=O) groups excluding carboxylic acids is 4. The van der Waals surface area contributed by atoms with Gasteiger partial charge in [-0.15, -0.1) is 0 Å². The summed E-state index contributed by atoms with van der Waals surface area (Å²) in [6, 6.07) is 0. The Morgan fingerprint density at radius 3 is 0.673 bits per heavy atom. The molecule has 5 atom stereocenters. The molecule has 17 nitrogen and oxygen atoms in total. The van der Waals surface area contributed by atoms with Crippen molar-refractivity contribution in [2.45, 2.75) is 452 Å². The van der Waals surface area contributed by atoms with Gasteiger partial charge in [0.15, 0.2) is 12.2 Å². The molecule has 0 spiro atoms. The van der Waals surface area contributed by atoms with E-state index < -0.39 is 97.5 Å². The molecule has 0 amide bonds. The fraction of sp³-hybridized carbons (Fsp3) is 0.951. The van der Waals surface area contributed by atoms with Crippen LogP contribution in [0.5, 0.6) is 0 Å². The Labute approximate surface area is 619 Å². The summed E-state index contributed by atoms with van der Waals surface area (Å²) in [4.78, 5) is 73.1. The summed E-state index contributed by atoms with van der Waals surface area (Å²) in [7, 11) is -9.92. The van der Waals surface area contributed by atoms with Crippen LogP contribution in [0.1, 0.15) is 433 Å². The van der Waals surface area contributed by atoms with E-state index in [0.29, 0.717) is 25.7 Å². The van der Waals surface area contributed by atoms with Gasteiger partial charge < -0.3 is 33.8 Å². The van der Waals surface area contributed by atoms with Crippen LogP contribution in [-0.2, 0) is 65.4 Å². The van der Waals surface area contributed by atoms with Crippen molar-refractivity contribution >= 4 is 39.5 Å². The van der Waals surface area contributed by atoms with Gasteiger partial charge in [0.05, 0.1) is 26.4 Å². The maximum atomic E-state index is 13.1. The molecule has 0 bridgehead atoms. The zero-order valence-electron chi connectivity index (χ0n) is 66.2. The predicted octanol–water partition coefficient (Wildman–Crippen LogP) is 24.7. The quantitative estimate of drug-likeness (QED) is 0.0222. The molecule has 0 heterocycles. The van der Waals surface area contributed by atoms with E-state index in [4.69, 9.17) is 37.0 Å². The van der Waals surface area contributed by atoms with Crippen LogP contribution in [0.4, 0.5) is 0 Å². The average molecular weight is 1480 g/mol. The number of phosphoric ester groups is 2. The normalized spacial score (nSPS) is 13.9. The Kier molecular flexibility index (Phi) is 72.2. The topological polar surface area (TPSA) is 237 Å². The smallest absolute Gasteiger partial charge is 0.462 e. The zero-order valence-corrected chi connectivity index (χ0v) is 68.0. The number of unbranched alkanes of at least 4 members (excludes halogenated alkanes) is 51. The van der Waals surface area contributed by atoms with Crippen LogP contribution in [0.25, 0.3) is 0 Å². The number of esters is 4. The second-order valence-electron chi connectivity index (χ2n) is 30.5. The summed E-state index contributed by atoms with van der Waals surface area (Å²) in [5, 5.41) is 10.7. The molecule has 101 heavy (non-hydrogen) atoms. The van der Waals surface area contributed by atoms with Gasteiger partial charge in [0.25, 0.3) is 0 Å². The Balaban J connectivity index is 5.27. The summed E-state index contributed by atoms with van der Waals surface area (Å²) in [5.41, 5.74) is 0. The summed E-state index contributed by atoms with van der Waals surface area (Å²) in [6.07, 6.45) is 63.6. The Hall–Kier alpha value is -1.94. The van der Waals surface area contributed by atoms with Crippen molar-refractivity contribution in [1.29, 1.82) is 0 Å². The summed E-state index contributed by atoms with van der Waals surface area (Å²) in [6.45, 7) is 9.69. The molecule has 0 aromatic carbocycles. The molecule has 600 valence electrons. The molecular formula is C82H160O17P2. The fourth-order valence-electron chi connectivity index (χ4n) is 12.7. The molecule has 0 saturated carbocycles. The maximum Gasteiger partial charge on any atom is 0.472 e. The highest BCUT2D eigenvalue weighted by molar-refractivity contribution is 7.47. The van der Waals surface area contributed by atoms with E-state index in [-0.39, 0.29) is 25.7 Å². The van der Waals surface area contributed by atoms with Gasteiger partial charge in [0, 0.05) is 25.7 Å². The third kappa shape index (κ3) is 76.1. The lowest BCUT2D eigenvalue weighted by atomic mass is 10.0. The van der Waals surface area contributed by atoms with Gasteiger partial charge in [-0.2, -0.15) is 0 Å². The maximum absolute atomic E-state index is 13.1. The fourth-order valence-corrected chi connectivity index (χ4v) is 14.3. The van der Waals surface area contributed by atoms with Crippen molar-refractivity contribution in [1.82, 2.24) is 0 Å². The van der Waals surface area contributed by atoms with Gasteiger partial charge in [-0.3, -0.25) is 37.3 Å². The van der Waals surface area contributed by atoms with Crippen molar-refractivity contribution in [2.75, 3.05) is 39.6 Å². The highest BCUT2D eigenvalue weighted by Crippen LogP contribution is 2.45. The molecule has 0 aromatic rings. The van der Waals surface area contributed by atoms with Crippen molar-refractivity contribution in [3.05, 3.63) is 0 Å². The summed E-state index contributed by atoms with van der Waals surface area (Å²) >= 11 is 0. The summed E-state index contributed by atoms with van der Waals surface area (Å²) < 4.78 is 68.8. The second kappa shape index (κ2) is 73.6. The van der Waals surface area contributed by atoms with Gasteiger partial charge in [0.1, 0.15) is 19.3 Å². The number of aliphatic hydroxyl groups excluding tert-OH is 1. The minimum Gasteiger partial charge on any atom is -0.462 e. The Morgan fingerprint density at radius 2 is 0.455 bits per heavy atom. The molecule has 0 aliphatic rings. The molecule has 0 aromatic heterocycles. The SMILES string of the molecule is CCCCCCCCCCCCCCCCCCC(=O)O[C@H](COC(=O)CCCCCCCCCCCCCCC)COP(=O)(O)OC[C@H](O)COP(=O)(O)OC[C@@H](COC(=O)CCCCCCCCCCCCCCCC(C)C)OC(=O)CCCCCCCCCCCCCCCC(C)C. The van der Waals surface area contributed by atoms with Gasteiger partial charge in [-0.05, 0) is 37.5 Å². The first-order valence-corrected chi connectivity index (χ1v) is 45.5. The Bertz CT molecular complexity index is 1940. The van der Waals surface area contributed by atoms with Gasteiger partial charge in [-0.1, -0.05) is 382 Å². The number of carbonyl (C=O) groups is 4. The Morgan fingerprint density at radius 1 is 0.267 bits per heavy atom. The first-order chi connectivity index (χ1) is 48.9. The predicted molar refractivity (Wildman–Crippen MR) is 414 cm³/mol. The first-order valence-electron chi connectivity index (χ1n) is 42.5. The molecule has 2 unspecified atom stereocenters. The largest absolute Gasteiger partial charge is 0.472 e. The van der Waals surface area contributed by atoms with Crippen molar-refractivity contribution in [2.24, 2.45) is 11.8 Å². The minimum atomic E-state index is -4.96. The number of hydrogen-bond acceptors (Lipinski definition) is 15. The molecule has 0 saturated heterocycles. The number of hydrogen-bond donors (Lipinski definition) is 3. The lowest BCUT2D eigenvalue weighted by molar-refractivity contribution is -0.161. The zero-order chi connectivity index (χ0) is 74.2. The van der Waals surface area contributed by atoms with E-state index in [1.807, 2.05) is 0 Å². The van der Waals surface area contributed by atoms with Crippen molar-refractivity contribution < 1.29 is 80.2 Å². The van der Waals surface area contributed by atoms with Crippen LogP contribution < -0.4 is 0 Å². The van der Waals surface area contributed by atoms with Crippen LogP contribution >= 0.6 is 15.6 Å². The number of ether oxygens (including phenoxy) is 4. The summed E-state index contributed by atoms with van der Waals surface area (Å²) in [5.74, 6) is -0.526. The van der Waals surface area contributed by atoms with Crippen molar-refractivity contribution in [3.8, 4) is 0 Å².